The summed E-state index contributed by atoms with van der Waals surface area (Å²) in [5.41, 5.74) is 2.03. The molecule has 4 aliphatic carbocycles. The summed E-state index contributed by atoms with van der Waals surface area (Å²) < 4.78 is 0. The molecule has 0 bridgehead atoms. The van der Waals surface area contributed by atoms with Gasteiger partial charge in [0, 0.05) is 6.42 Å². The SMILES string of the molecule is CC(C)CCC[C@@H](C)[C@H]1CC[C@H]2[C@@H]3CC=C4C[C](O)C(O)C[C@]4(C)[C@H]3CC[C@]12C. The van der Waals surface area contributed by atoms with E-state index in [1.165, 1.54) is 56.9 Å². The Morgan fingerprint density at radius 2 is 1.83 bits per heavy atom. The van der Waals surface area contributed by atoms with Crippen molar-refractivity contribution in [1.29, 1.82) is 0 Å². The third-order valence-corrected chi connectivity index (χ3v) is 10.2. The van der Waals surface area contributed by atoms with Gasteiger partial charge in [0.1, 0.15) is 6.10 Å². The van der Waals surface area contributed by atoms with Crippen LogP contribution in [0.5, 0.6) is 0 Å². The first-order chi connectivity index (χ1) is 13.7. The van der Waals surface area contributed by atoms with Crippen LogP contribution in [0.25, 0.3) is 0 Å². The van der Waals surface area contributed by atoms with Crippen LogP contribution in [0.15, 0.2) is 11.6 Å². The van der Waals surface area contributed by atoms with Gasteiger partial charge in [-0.25, -0.2) is 0 Å². The normalized spacial score (nSPS) is 46.1. The fraction of sp³-hybridized carbons (Fsp3) is 0.889. The van der Waals surface area contributed by atoms with Gasteiger partial charge in [0.2, 0.25) is 0 Å². The van der Waals surface area contributed by atoms with E-state index in [4.69, 9.17) is 0 Å². The van der Waals surface area contributed by atoms with E-state index in [0.29, 0.717) is 23.9 Å². The van der Waals surface area contributed by atoms with Gasteiger partial charge in [-0.05, 0) is 84.9 Å². The van der Waals surface area contributed by atoms with E-state index in [1.807, 2.05) is 0 Å². The minimum Gasteiger partial charge on any atom is -0.390 e. The first-order valence-electron chi connectivity index (χ1n) is 12.6. The average molecular weight is 402 g/mol. The second-order valence-electron chi connectivity index (χ2n) is 12.2. The van der Waals surface area contributed by atoms with Gasteiger partial charge in [-0.15, -0.1) is 0 Å². The standard InChI is InChI=1S/C27H45O2/c1-17(2)7-6-8-18(3)21-11-12-22-20-10-9-19-15-24(28)25(29)16-27(19,5)23(20)13-14-26(21,22)4/h9,17-18,20-23,25,28-29H,6-8,10-16H2,1-5H3/t18-,20+,21-,22+,23+,25?,26-,27+/m1/s1. The molecule has 2 nitrogen and oxygen atoms in total. The molecule has 29 heavy (non-hydrogen) atoms. The average Bonchev–Trinajstić information content (AvgIpc) is 3.00. The van der Waals surface area contributed by atoms with Crippen LogP contribution in [0.2, 0.25) is 0 Å². The van der Waals surface area contributed by atoms with Crippen molar-refractivity contribution >= 4 is 0 Å². The van der Waals surface area contributed by atoms with E-state index >= 15 is 0 Å². The molecule has 0 spiro atoms. The summed E-state index contributed by atoms with van der Waals surface area (Å²) in [6, 6.07) is 0. The van der Waals surface area contributed by atoms with Crippen LogP contribution < -0.4 is 0 Å². The summed E-state index contributed by atoms with van der Waals surface area (Å²) in [5, 5.41) is 20.6. The molecule has 0 aliphatic heterocycles. The summed E-state index contributed by atoms with van der Waals surface area (Å²) in [5.74, 6) is 4.91. The second kappa shape index (κ2) is 7.97. The highest BCUT2D eigenvalue weighted by Gasteiger charge is 2.59. The van der Waals surface area contributed by atoms with Crippen LogP contribution in [0, 0.1) is 52.4 Å². The fourth-order valence-corrected chi connectivity index (χ4v) is 8.57. The van der Waals surface area contributed by atoms with E-state index < -0.39 is 6.10 Å². The number of aliphatic hydroxyl groups is 2. The topological polar surface area (TPSA) is 40.5 Å². The van der Waals surface area contributed by atoms with E-state index in [2.05, 4.69) is 40.7 Å². The maximum Gasteiger partial charge on any atom is 0.126 e. The Balaban J connectivity index is 1.50. The summed E-state index contributed by atoms with van der Waals surface area (Å²) in [4.78, 5) is 0. The van der Waals surface area contributed by atoms with Gasteiger partial charge in [-0.3, -0.25) is 0 Å². The third kappa shape index (κ3) is 3.65. The van der Waals surface area contributed by atoms with Gasteiger partial charge in [-0.2, -0.15) is 0 Å². The molecule has 3 saturated carbocycles. The van der Waals surface area contributed by atoms with Crippen molar-refractivity contribution in [2.45, 2.75) is 105 Å². The highest BCUT2D eigenvalue weighted by atomic mass is 16.3. The van der Waals surface area contributed by atoms with Crippen LogP contribution in [0.3, 0.4) is 0 Å². The number of fused-ring (bicyclic) bond motifs is 5. The van der Waals surface area contributed by atoms with Gasteiger partial charge in [-0.1, -0.05) is 65.5 Å². The number of allylic oxidation sites excluding steroid dienone is 1. The first kappa shape index (κ1) is 21.9. The molecule has 4 rings (SSSR count). The van der Waals surface area contributed by atoms with Crippen molar-refractivity contribution in [2.24, 2.45) is 46.3 Å². The van der Waals surface area contributed by atoms with E-state index in [9.17, 15) is 10.2 Å². The molecular weight excluding hydrogens is 356 g/mol. The van der Waals surface area contributed by atoms with Crippen molar-refractivity contribution in [1.82, 2.24) is 0 Å². The molecule has 1 unspecified atom stereocenters. The Bertz CT molecular complexity index is 624. The molecule has 0 aromatic carbocycles. The smallest absolute Gasteiger partial charge is 0.126 e. The number of rotatable bonds is 5. The van der Waals surface area contributed by atoms with Crippen molar-refractivity contribution in [2.75, 3.05) is 0 Å². The lowest BCUT2D eigenvalue weighted by Gasteiger charge is -2.58. The molecule has 0 heterocycles. The zero-order valence-corrected chi connectivity index (χ0v) is 19.6. The maximum absolute atomic E-state index is 10.4. The lowest BCUT2D eigenvalue weighted by molar-refractivity contribution is -0.0697. The van der Waals surface area contributed by atoms with Crippen molar-refractivity contribution in [3.8, 4) is 0 Å². The number of hydrogen-bond acceptors (Lipinski definition) is 2. The molecule has 0 aromatic heterocycles. The Labute approximate surface area is 179 Å². The Kier molecular flexibility index (Phi) is 6.01. The van der Waals surface area contributed by atoms with Crippen molar-refractivity contribution in [3.63, 3.8) is 0 Å². The summed E-state index contributed by atoms with van der Waals surface area (Å²) in [6.45, 7) is 12.3. The zero-order chi connectivity index (χ0) is 21.0. The quantitative estimate of drug-likeness (QED) is 0.492. The van der Waals surface area contributed by atoms with Crippen LogP contribution in [-0.2, 0) is 0 Å². The lowest BCUT2D eigenvalue weighted by Crippen LogP contribution is -2.52. The zero-order valence-electron chi connectivity index (χ0n) is 19.6. The summed E-state index contributed by atoms with van der Waals surface area (Å²) in [6.07, 6.45) is 14.4. The molecule has 165 valence electrons. The van der Waals surface area contributed by atoms with Gasteiger partial charge in [0.05, 0.1) is 6.10 Å². The molecule has 2 N–H and O–H groups in total. The minimum absolute atomic E-state index is 0.0941. The molecule has 8 atom stereocenters. The van der Waals surface area contributed by atoms with Crippen molar-refractivity contribution < 1.29 is 10.2 Å². The van der Waals surface area contributed by atoms with Gasteiger partial charge < -0.3 is 10.2 Å². The van der Waals surface area contributed by atoms with E-state index in [0.717, 1.165) is 36.0 Å². The van der Waals surface area contributed by atoms with Crippen molar-refractivity contribution in [3.05, 3.63) is 17.8 Å². The molecule has 1 radical (unpaired) electrons. The van der Waals surface area contributed by atoms with Crippen LogP contribution in [0.4, 0.5) is 0 Å². The molecule has 2 heteroatoms. The molecule has 4 aliphatic rings. The Hall–Kier alpha value is -0.340. The van der Waals surface area contributed by atoms with Crippen LogP contribution in [0.1, 0.15) is 98.8 Å². The predicted molar refractivity (Wildman–Crippen MR) is 120 cm³/mol. The third-order valence-electron chi connectivity index (χ3n) is 10.2. The molecule has 0 aromatic rings. The van der Waals surface area contributed by atoms with E-state index in [-0.39, 0.29) is 5.41 Å². The van der Waals surface area contributed by atoms with Gasteiger partial charge >= 0.3 is 0 Å². The molecule has 3 fully saturated rings. The van der Waals surface area contributed by atoms with Crippen LogP contribution >= 0.6 is 0 Å². The van der Waals surface area contributed by atoms with Gasteiger partial charge in [0.15, 0.2) is 0 Å². The maximum atomic E-state index is 10.4. The minimum atomic E-state index is -0.624. The molecular formula is C27H45O2. The monoisotopic (exact) mass is 401 g/mol. The highest BCUT2D eigenvalue weighted by molar-refractivity contribution is 5.29. The Morgan fingerprint density at radius 3 is 2.55 bits per heavy atom. The summed E-state index contributed by atoms with van der Waals surface area (Å²) >= 11 is 0. The number of aliphatic hydroxyl groups excluding tert-OH is 2. The predicted octanol–water partition coefficient (Wildman–Crippen LogP) is 6.90. The van der Waals surface area contributed by atoms with E-state index in [1.54, 1.807) is 0 Å². The summed E-state index contributed by atoms with van der Waals surface area (Å²) in [7, 11) is 0. The molecule has 0 amide bonds. The Morgan fingerprint density at radius 1 is 1.07 bits per heavy atom. The fourth-order valence-electron chi connectivity index (χ4n) is 8.57. The first-order valence-corrected chi connectivity index (χ1v) is 12.6. The largest absolute Gasteiger partial charge is 0.390 e. The lowest BCUT2D eigenvalue weighted by atomic mass is 9.46. The highest BCUT2D eigenvalue weighted by Crippen LogP contribution is 2.67. The second-order valence-corrected chi connectivity index (χ2v) is 12.2. The van der Waals surface area contributed by atoms with Crippen LogP contribution in [-0.4, -0.2) is 16.3 Å². The van der Waals surface area contributed by atoms with Gasteiger partial charge in [0.25, 0.3) is 0 Å². The number of hydrogen-bond donors (Lipinski definition) is 2. The molecule has 0 saturated heterocycles.